The summed E-state index contributed by atoms with van der Waals surface area (Å²) in [5.41, 5.74) is 4.43. The molecule has 2 aromatic carbocycles. The Balaban J connectivity index is 1.42. The van der Waals surface area contributed by atoms with E-state index in [1.807, 2.05) is 48.5 Å². The highest BCUT2D eigenvalue weighted by Gasteiger charge is 2.31. The fourth-order valence-electron chi connectivity index (χ4n) is 4.05. The van der Waals surface area contributed by atoms with Crippen molar-refractivity contribution in [3.63, 3.8) is 0 Å². The van der Waals surface area contributed by atoms with Crippen LogP contribution in [0.2, 0.25) is 0 Å². The first-order chi connectivity index (χ1) is 16.4. The van der Waals surface area contributed by atoms with Crippen LogP contribution in [0.25, 0.3) is 11.1 Å². The molecule has 3 aromatic rings. The van der Waals surface area contributed by atoms with Crippen LogP contribution in [0.15, 0.2) is 65.3 Å². The number of amides is 2. The van der Waals surface area contributed by atoms with Crippen molar-refractivity contribution in [1.82, 2.24) is 5.32 Å². The second-order valence-corrected chi connectivity index (χ2v) is 7.84. The molecule has 2 amide bonds. The zero-order chi connectivity index (χ0) is 24.2. The first-order valence-electron chi connectivity index (χ1n) is 10.7. The standard InChI is InChI=1S/C25H24N2O7/c1-14(32-2)21(24(29)30)27-23(28)22-20(11-12-33-22)26-25(31)34-13-19-17-9-5-3-7-15(17)16-8-4-6-10-18(16)19/h3-12,14,19,21H,13H2,1-2H3,(H,26,31)(H,27,28)(H,29,30)/t14-,21+/m1/s1. The molecule has 9 nitrogen and oxygen atoms in total. The number of carboxylic acids is 1. The van der Waals surface area contributed by atoms with Gasteiger partial charge in [0.2, 0.25) is 5.76 Å². The van der Waals surface area contributed by atoms with E-state index in [4.69, 9.17) is 13.9 Å². The fourth-order valence-corrected chi connectivity index (χ4v) is 4.05. The molecular weight excluding hydrogens is 440 g/mol. The lowest BCUT2D eigenvalue weighted by atomic mass is 9.98. The number of nitrogens with one attached hydrogen (secondary N) is 2. The Morgan fingerprint density at radius 1 is 1.03 bits per heavy atom. The topological polar surface area (TPSA) is 127 Å². The zero-order valence-corrected chi connectivity index (χ0v) is 18.6. The van der Waals surface area contributed by atoms with E-state index in [0.717, 1.165) is 22.3 Å². The number of aliphatic carboxylic acids is 1. The minimum Gasteiger partial charge on any atom is -0.480 e. The Hall–Kier alpha value is -4.11. The molecule has 0 aliphatic heterocycles. The van der Waals surface area contributed by atoms with Gasteiger partial charge in [-0.3, -0.25) is 10.1 Å². The summed E-state index contributed by atoms with van der Waals surface area (Å²) in [4.78, 5) is 36.5. The number of ether oxygens (including phenoxy) is 2. The molecule has 0 bridgehead atoms. The van der Waals surface area contributed by atoms with E-state index in [9.17, 15) is 19.5 Å². The molecule has 1 aliphatic carbocycles. The van der Waals surface area contributed by atoms with E-state index in [2.05, 4.69) is 10.6 Å². The Kier molecular flexibility index (Phi) is 6.65. The number of hydrogen-bond donors (Lipinski definition) is 3. The molecule has 9 heteroatoms. The van der Waals surface area contributed by atoms with Gasteiger partial charge in [-0.25, -0.2) is 9.59 Å². The fraction of sp³-hybridized carbons (Fsp3) is 0.240. The minimum absolute atomic E-state index is 0.0592. The molecule has 1 aromatic heterocycles. The van der Waals surface area contributed by atoms with Gasteiger partial charge in [-0.2, -0.15) is 0 Å². The zero-order valence-electron chi connectivity index (χ0n) is 18.6. The van der Waals surface area contributed by atoms with Gasteiger partial charge in [-0.1, -0.05) is 48.5 Å². The van der Waals surface area contributed by atoms with Crippen LogP contribution in [0.5, 0.6) is 0 Å². The largest absolute Gasteiger partial charge is 0.480 e. The Morgan fingerprint density at radius 2 is 1.65 bits per heavy atom. The molecule has 3 N–H and O–H groups in total. The van der Waals surface area contributed by atoms with Gasteiger partial charge in [0.05, 0.1) is 18.1 Å². The lowest BCUT2D eigenvalue weighted by molar-refractivity contribution is -0.142. The number of carbonyl (C=O) groups excluding carboxylic acids is 2. The van der Waals surface area contributed by atoms with Crippen LogP contribution in [0.4, 0.5) is 10.5 Å². The van der Waals surface area contributed by atoms with Gasteiger partial charge >= 0.3 is 12.1 Å². The highest BCUT2D eigenvalue weighted by atomic mass is 16.5. The first kappa shape index (κ1) is 23.1. The van der Waals surface area contributed by atoms with Crippen LogP contribution in [-0.4, -0.2) is 48.9 Å². The van der Waals surface area contributed by atoms with Gasteiger partial charge in [0.1, 0.15) is 6.61 Å². The van der Waals surface area contributed by atoms with Crippen LogP contribution >= 0.6 is 0 Å². The monoisotopic (exact) mass is 464 g/mol. The average Bonchev–Trinajstić information content (AvgIpc) is 3.43. The quantitative estimate of drug-likeness (QED) is 0.462. The summed E-state index contributed by atoms with van der Waals surface area (Å²) in [6.07, 6.45) is -0.337. The first-order valence-corrected chi connectivity index (χ1v) is 10.7. The summed E-state index contributed by atoms with van der Waals surface area (Å²) < 4.78 is 15.7. The molecule has 0 saturated carbocycles. The average molecular weight is 464 g/mol. The molecule has 0 fully saturated rings. The van der Waals surface area contributed by atoms with Crippen molar-refractivity contribution >= 4 is 23.7 Å². The second-order valence-electron chi connectivity index (χ2n) is 7.84. The molecule has 34 heavy (non-hydrogen) atoms. The number of anilines is 1. The van der Waals surface area contributed by atoms with E-state index in [1.165, 1.54) is 26.4 Å². The van der Waals surface area contributed by atoms with Crippen LogP contribution in [0.3, 0.4) is 0 Å². The van der Waals surface area contributed by atoms with Crippen molar-refractivity contribution in [3.05, 3.63) is 77.7 Å². The third-order valence-electron chi connectivity index (χ3n) is 5.85. The van der Waals surface area contributed by atoms with E-state index >= 15 is 0 Å². The molecule has 2 atom stereocenters. The van der Waals surface area contributed by atoms with E-state index in [-0.39, 0.29) is 24.0 Å². The number of fused-ring (bicyclic) bond motifs is 3. The van der Waals surface area contributed by atoms with Crippen molar-refractivity contribution in [2.75, 3.05) is 19.0 Å². The molecule has 0 radical (unpaired) electrons. The third-order valence-corrected chi connectivity index (χ3v) is 5.85. The lowest BCUT2D eigenvalue weighted by Crippen LogP contribution is -2.48. The van der Waals surface area contributed by atoms with Gasteiger partial charge < -0.3 is 24.3 Å². The summed E-state index contributed by atoms with van der Waals surface area (Å²) in [5, 5.41) is 14.2. The Labute approximate surface area is 195 Å². The Morgan fingerprint density at radius 3 is 2.24 bits per heavy atom. The molecule has 1 heterocycles. The van der Waals surface area contributed by atoms with Gasteiger partial charge in [-0.15, -0.1) is 0 Å². The smallest absolute Gasteiger partial charge is 0.411 e. The predicted molar refractivity (Wildman–Crippen MR) is 123 cm³/mol. The second kappa shape index (κ2) is 9.80. The molecule has 176 valence electrons. The number of carboxylic acid groups (broad SMARTS) is 1. The van der Waals surface area contributed by atoms with Crippen LogP contribution in [-0.2, 0) is 14.3 Å². The minimum atomic E-state index is -1.30. The number of hydrogen-bond acceptors (Lipinski definition) is 6. The van der Waals surface area contributed by atoms with Gasteiger partial charge in [0.25, 0.3) is 5.91 Å². The number of furan rings is 1. The normalized spacial score (nSPS) is 13.9. The molecule has 0 unspecified atom stereocenters. The van der Waals surface area contributed by atoms with Crippen LogP contribution < -0.4 is 10.6 Å². The maximum absolute atomic E-state index is 12.6. The molecule has 1 aliphatic rings. The highest BCUT2D eigenvalue weighted by Crippen LogP contribution is 2.44. The Bertz CT molecular complexity index is 1170. The number of methoxy groups -OCH3 is 1. The highest BCUT2D eigenvalue weighted by molar-refractivity contribution is 6.01. The van der Waals surface area contributed by atoms with E-state index in [0.29, 0.717) is 0 Å². The molecule has 0 spiro atoms. The SMILES string of the molecule is CO[C@H](C)[C@H](NC(=O)c1occc1NC(=O)OCC1c2ccccc2-c2ccccc21)C(=O)O. The number of rotatable bonds is 8. The molecule has 0 saturated heterocycles. The maximum Gasteiger partial charge on any atom is 0.411 e. The summed E-state index contributed by atoms with van der Waals surface area (Å²) in [7, 11) is 1.34. The molecule has 4 rings (SSSR count). The maximum atomic E-state index is 12.6. The van der Waals surface area contributed by atoms with E-state index in [1.54, 1.807) is 0 Å². The van der Waals surface area contributed by atoms with Crippen LogP contribution in [0.1, 0.15) is 34.5 Å². The van der Waals surface area contributed by atoms with Crippen molar-refractivity contribution in [3.8, 4) is 11.1 Å². The molecular formula is C25H24N2O7. The van der Waals surface area contributed by atoms with Crippen molar-refractivity contribution < 1.29 is 33.4 Å². The predicted octanol–water partition coefficient (Wildman–Crippen LogP) is 3.86. The summed E-state index contributed by atoms with van der Waals surface area (Å²) >= 11 is 0. The summed E-state index contributed by atoms with van der Waals surface area (Å²) in [5.74, 6) is -2.43. The van der Waals surface area contributed by atoms with Crippen LogP contribution in [0, 0.1) is 0 Å². The van der Waals surface area contributed by atoms with E-state index < -0.39 is 30.1 Å². The van der Waals surface area contributed by atoms with Gasteiger partial charge in [-0.05, 0) is 29.2 Å². The number of benzene rings is 2. The van der Waals surface area contributed by atoms with Crippen molar-refractivity contribution in [1.29, 1.82) is 0 Å². The van der Waals surface area contributed by atoms with Crippen molar-refractivity contribution in [2.45, 2.75) is 25.0 Å². The van der Waals surface area contributed by atoms with Gasteiger partial charge in [0, 0.05) is 19.1 Å². The summed E-state index contributed by atoms with van der Waals surface area (Å²) in [6, 6.07) is 16.0. The van der Waals surface area contributed by atoms with Crippen molar-refractivity contribution in [2.24, 2.45) is 0 Å². The summed E-state index contributed by atoms with van der Waals surface area (Å²) in [6.45, 7) is 1.61. The lowest BCUT2D eigenvalue weighted by Gasteiger charge is -2.19. The number of carbonyl (C=O) groups is 3. The van der Waals surface area contributed by atoms with Gasteiger partial charge in [0.15, 0.2) is 6.04 Å². The third kappa shape index (κ3) is 4.51.